The molecule has 33 heavy (non-hydrogen) atoms. The average molecular weight is 479 g/mol. The number of nitrogens with zero attached hydrogens (tertiary/aromatic N) is 6. The average Bonchev–Trinajstić information content (AvgIpc) is 3.60. The molecule has 166 valence electrons. The van der Waals surface area contributed by atoms with Gasteiger partial charge in [0.2, 0.25) is 0 Å². The van der Waals surface area contributed by atoms with Crippen LogP contribution >= 0.6 is 23.4 Å². The van der Waals surface area contributed by atoms with E-state index in [0.29, 0.717) is 28.8 Å². The number of amides is 1. The highest BCUT2D eigenvalue weighted by Gasteiger charge is 2.34. The number of thioether (sulfide) groups is 1. The molecule has 1 atom stereocenters. The van der Waals surface area contributed by atoms with Crippen LogP contribution < -0.4 is 0 Å². The number of furan rings is 1. The van der Waals surface area contributed by atoms with Crippen LogP contribution in [0.2, 0.25) is 5.02 Å². The Balaban J connectivity index is 1.29. The van der Waals surface area contributed by atoms with E-state index >= 15 is 0 Å². The Hall–Kier alpha value is -3.43. The zero-order chi connectivity index (χ0) is 22.6. The second kappa shape index (κ2) is 9.60. The Kier molecular flexibility index (Phi) is 6.23. The molecule has 3 heterocycles. The van der Waals surface area contributed by atoms with E-state index in [2.05, 4.69) is 20.6 Å². The second-order valence-electron chi connectivity index (χ2n) is 7.36. The number of carbonyl (C=O) groups is 1. The number of benzene rings is 2. The summed E-state index contributed by atoms with van der Waals surface area (Å²) in [5.41, 5.74) is 2.62. The molecule has 10 heteroatoms. The molecule has 0 fully saturated rings. The Morgan fingerprint density at radius 3 is 2.67 bits per heavy atom. The highest BCUT2D eigenvalue weighted by Crippen LogP contribution is 2.34. The highest BCUT2D eigenvalue weighted by molar-refractivity contribution is 7.99. The predicted octanol–water partition coefficient (Wildman–Crippen LogP) is 4.52. The molecule has 0 spiro atoms. The molecule has 0 aliphatic carbocycles. The van der Waals surface area contributed by atoms with E-state index in [0.717, 1.165) is 17.0 Å². The lowest BCUT2D eigenvalue weighted by atomic mass is 10.0. The van der Waals surface area contributed by atoms with Crippen LogP contribution in [0.1, 0.15) is 29.6 Å². The molecule has 1 aliphatic rings. The van der Waals surface area contributed by atoms with E-state index < -0.39 is 0 Å². The van der Waals surface area contributed by atoms with Gasteiger partial charge in [0.15, 0.2) is 5.82 Å². The van der Waals surface area contributed by atoms with E-state index in [4.69, 9.17) is 16.0 Å². The molecule has 0 bridgehead atoms. The number of hydrogen-bond donors (Lipinski definition) is 0. The lowest BCUT2D eigenvalue weighted by molar-refractivity contribution is -0.130. The van der Waals surface area contributed by atoms with Crippen molar-refractivity contribution >= 4 is 35.0 Å². The van der Waals surface area contributed by atoms with Crippen LogP contribution in [0.3, 0.4) is 0 Å². The van der Waals surface area contributed by atoms with Gasteiger partial charge in [0.05, 0.1) is 29.2 Å². The first-order valence-electron chi connectivity index (χ1n) is 10.3. The SMILES string of the molecule is O=C(CSCc1nnnn1-c1ccccc1)N1N=C(c2ccc(Cl)cc2)CC1c1ccco1. The molecular weight excluding hydrogens is 460 g/mol. The molecule has 1 amide bonds. The summed E-state index contributed by atoms with van der Waals surface area (Å²) in [5.74, 6) is 1.99. The topological polar surface area (TPSA) is 89.4 Å². The van der Waals surface area contributed by atoms with Crippen molar-refractivity contribution in [1.29, 1.82) is 0 Å². The van der Waals surface area contributed by atoms with Gasteiger partial charge < -0.3 is 4.42 Å². The third kappa shape index (κ3) is 4.69. The van der Waals surface area contributed by atoms with Crippen LogP contribution in [-0.2, 0) is 10.5 Å². The Morgan fingerprint density at radius 1 is 1.09 bits per heavy atom. The number of rotatable bonds is 7. The number of hydrogen-bond acceptors (Lipinski definition) is 7. The third-order valence-electron chi connectivity index (χ3n) is 5.21. The summed E-state index contributed by atoms with van der Waals surface area (Å²) in [4.78, 5) is 13.1. The summed E-state index contributed by atoms with van der Waals surface area (Å²) in [5, 5.41) is 18.8. The minimum atomic E-state index is -0.284. The fourth-order valence-electron chi connectivity index (χ4n) is 3.62. The monoisotopic (exact) mass is 478 g/mol. The van der Waals surface area contributed by atoms with Gasteiger partial charge in [-0.2, -0.15) is 9.78 Å². The molecular formula is C23H19ClN6O2S. The summed E-state index contributed by atoms with van der Waals surface area (Å²) < 4.78 is 7.28. The summed E-state index contributed by atoms with van der Waals surface area (Å²) in [7, 11) is 0. The van der Waals surface area contributed by atoms with Gasteiger partial charge in [-0.1, -0.05) is 41.9 Å². The molecule has 2 aromatic heterocycles. The standard InChI is InChI=1S/C23H19ClN6O2S/c24-17-10-8-16(9-11-17)19-13-20(21-7-4-12-32-21)30(26-19)23(31)15-33-14-22-25-27-28-29(22)18-5-2-1-3-6-18/h1-12,20H,13-15H2. The van der Waals surface area contributed by atoms with Gasteiger partial charge in [0, 0.05) is 11.4 Å². The zero-order valence-electron chi connectivity index (χ0n) is 17.4. The minimum Gasteiger partial charge on any atom is -0.467 e. The molecule has 0 saturated heterocycles. The maximum absolute atomic E-state index is 13.1. The number of carbonyl (C=O) groups excluding carboxylic acids is 1. The number of hydrazone groups is 1. The van der Waals surface area contributed by atoms with Gasteiger partial charge in [0.25, 0.3) is 5.91 Å². The quantitative estimate of drug-likeness (QED) is 0.388. The molecule has 0 N–H and O–H groups in total. The molecule has 0 radical (unpaired) electrons. The van der Waals surface area contributed by atoms with Crippen molar-refractivity contribution in [3.8, 4) is 5.69 Å². The highest BCUT2D eigenvalue weighted by atomic mass is 35.5. The second-order valence-corrected chi connectivity index (χ2v) is 8.78. The van der Waals surface area contributed by atoms with Crippen molar-refractivity contribution in [2.75, 3.05) is 5.75 Å². The molecule has 8 nitrogen and oxygen atoms in total. The third-order valence-corrected chi connectivity index (χ3v) is 6.37. The predicted molar refractivity (Wildman–Crippen MR) is 126 cm³/mol. The summed E-state index contributed by atoms with van der Waals surface area (Å²) >= 11 is 7.46. The first kappa shape index (κ1) is 21.4. The maximum Gasteiger partial charge on any atom is 0.253 e. The van der Waals surface area contributed by atoms with Crippen LogP contribution in [-0.4, -0.2) is 42.6 Å². The van der Waals surface area contributed by atoms with Crippen LogP contribution in [0.25, 0.3) is 5.69 Å². The first-order valence-corrected chi connectivity index (χ1v) is 11.8. The van der Waals surface area contributed by atoms with Gasteiger partial charge in [-0.05, 0) is 52.4 Å². The Labute approximate surface area is 199 Å². The van der Waals surface area contributed by atoms with Gasteiger partial charge in [0.1, 0.15) is 11.8 Å². The molecule has 5 rings (SSSR count). The van der Waals surface area contributed by atoms with Crippen molar-refractivity contribution in [2.45, 2.75) is 18.2 Å². The van der Waals surface area contributed by atoms with Crippen LogP contribution in [0.15, 0.2) is 82.5 Å². The number of para-hydroxylation sites is 1. The van der Waals surface area contributed by atoms with Crippen LogP contribution in [0, 0.1) is 0 Å². The summed E-state index contributed by atoms with van der Waals surface area (Å²) in [6, 6.07) is 20.5. The lowest BCUT2D eigenvalue weighted by Crippen LogP contribution is -2.28. The smallest absolute Gasteiger partial charge is 0.253 e. The van der Waals surface area contributed by atoms with E-state index in [1.54, 1.807) is 10.9 Å². The molecule has 2 aromatic carbocycles. The van der Waals surface area contributed by atoms with Crippen molar-refractivity contribution in [1.82, 2.24) is 25.2 Å². The molecule has 0 saturated carbocycles. The molecule has 4 aromatic rings. The first-order chi connectivity index (χ1) is 16.2. The zero-order valence-corrected chi connectivity index (χ0v) is 19.0. The van der Waals surface area contributed by atoms with Gasteiger partial charge in [-0.25, -0.2) is 5.01 Å². The number of aromatic nitrogens is 4. The minimum absolute atomic E-state index is 0.107. The number of tetrazole rings is 1. The van der Waals surface area contributed by atoms with E-state index in [9.17, 15) is 4.79 Å². The van der Waals surface area contributed by atoms with E-state index in [1.807, 2.05) is 66.7 Å². The Morgan fingerprint density at radius 2 is 1.91 bits per heavy atom. The fraction of sp³-hybridized carbons (Fsp3) is 0.174. The fourth-order valence-corrected chi connectivity index (χ4v) is 4.52. The normalized spacial score (nSPS) is 15.6. The van der Waals surface area contributed by atoms with Crippen molar-refractivity contribution in [2.24, 2.45) is 5.10 Å². The van der Waals surface area contributed by atoms with Gasteiger partial charge >= 0.3 is 0 Å². The van der Waals surface area contributed by atoms with Crippen LogP contribution in [0.5, 0.6) is 0 Å². The van der Waals surface area contributed by atoms with Crippen molar-refractivity contribution < 1.29 is 9.21 Å². The maximum atomic E-state index is 13.1. The largest absolute Gasteiger partial charge is 0.467 e. The van der Waals surface area contributed by atoms with Crippen LogP contribution in [0.4, 0.5) is 0 Å². The lowest BCUT2D eigenvalue weighted by Gasteiger charge is -2.19. The van der Waals surface area contributed by atoms with Gasteiger partial charge in [-0.3, -0.25) is 4.79 Å². The van der Waals surface area contributed by atoms with E-state index in [1.165, 1.54) is 16.8 Å². The van der Waals surface area contributed by atoms with Crippen molar-refractivity contribution in [3.05, 3.63) is 95.2 Å². The Bertz CT molecular complexity index is 1260. The van der Waals surface area contributed by atoms with E-state index in [-0.39, 0.29) is 17.7 Å². The molecule has 1 unspecified atom stereocenters. The summed E-state index contributed by atoms with van der Waals surface area (Å²) in [6.45, 7) is 0. The molecule has 1 aliphatic heterocycles. The van der Waals surface area contributed by atoms with Gasteiger partial charge in [-0.15, -0.1) is 16.9 Å². The van der Waals surface area contributed by atoms with Crippen molar-refractivity contribution in [3.63, 3.8) is 0 Å². The summed E-state index contributed by atoms with van der Waals surface area (Å²) in [6.07, 6.45) is 2.17. The number of halogens is 1.